The predicted molar refractivity (Wildman–Crippen MR) is 78.0 cm³/mol. The molecular weight excluding hydrogens is 252 g/mol. The van der Waals surface area contributed by atoms with Crippen molar-refractivity contribution in [3.8, 4) is 0 Å². The van der Waals surface area contributed by atoms with Crippen molar-refractivity contribution >= 4 is 11.8 Å². The molecule has 0 bridgehead atoms. The average molecular weight is 274 g/mol. The van der Waals surface area contributed by atoms with Crippen LogP contribution in [0.15, 0.2) is 30.3 Å². The van der Waals surface area contributed by atoms with Crippen LogP contribution in [-0.4, -0.2) is 29.3 Å². The van der Waals surface area contributed by atoms with E-state index in [2.05, 4.69) is 12.1 Å². The number of amides is 2. The van der Waals surface area contributed by atoms with E-state index in [9.17, 15) is 9.59 Å². The fraction of sp³-hybridized carbons (Fsp3) is 0.500. The summed E-state index contributed by atoms with van der Waals surface area (Å²) < 4.78 is 0. The summed E-state index contributed by atoms with van der Waals surface area (Å²) in [6.45, 7) is 2.48. The highest BCUT2D eigenvalue weighted by Gasteiger charge is 2.31. The van der Waals surface area contributed by atoms with Crippen LogP contribution in [0, 0.1) is 0 Å². The second-order valence-electron chi connectivity index (χ2n) is 5.37. The first kappa shape index (κ1) is 14.6. The zero-order chi connectivity index (χ0) is 14.5. The molecule has 4 nitrogen and oxygen atoms in total. The lowest BCUT2D eigenvalue weighted by atomic mass is 9.94. The zero-order valence-electron chi connectivity index (χ0n) is 11.9. The highest BCUT2D eigenvalue weighted by Crippen LogP contribution is 2.28. The number of nitrogens with two attached hydrogens (primary N) is 1. The molecule has 1 aliphatic rings. The Hall–Kier alpha value is -1.84. The first-order chi connectivity index (χ1) is 9.63. The Morgan fingerprint density at radius 3 is 2.70 bits per heavy atom. The maximum atomic E-state index is 12.2. The quantitative estimate of drug-likeness (QED) is 0.913. The second kappa shape index (κ2) is 6.55. The molecule has 1 saturated heterocycles. The summed E-state index contributed by atoms with van der Waals surface area (Å²) in [5.74, 6) is -0.0697. The molecule has 1 heterocycles. The van der Waals surface area contributed by atoms with Crippen LogP contribution in [0.25, 0.3) is 0 Å². The van der Waals surface area contributed by atoms with Gasteiger partial charge < -0.3 is 10.6 Å². The molecular formula is C16H22N2O2. The molecule has 1 aromatic carbocycles. The number of rotatable bonds is 4. The summed E-state index contributed by atoms with van der Waals surface area (Å²) in [4.78, 5) is 25.5. The number of carbonyl (C=O) groups excluding carboxylic acids is 2. The first-order valence-electron chi connectivity index (χ1n) is 7.27. The van der Waals surface area contributed by atoms with Gasteiger partial charge in [-0.1, -0.05) is 37.3 Å². The van der Waals surface area contributed by atoms with Crippen LogP contribution < -0.4 is 5.73 Å². The Labute approximate surface area is 119 Å². The number of likely N-dealkylation sites (tertiary alicyclic amines) is 1. The fourth-order valence-corrected chi connectivity index (χ4v) is 2.95. The van der Waals surface area contributed by atoms with E-state index in [1.165, 1.54) is 5.56 Å². The van der Waals surface area contributed by atoms with Crippen LogP contribution >= 0.6 is 0 Å². The molecule has 0 saturated carbocycles. The Kier molecular flexibility index (Phi) is 4.77. The number of hydrogen-bond donors (Lipinski definition) is 1. The van der Waals surface area contributed by atoms with Gasteiger partial charge in [0.05, 0.1) is 0 Å². The maximum absolute atomic E-state index is 12.2. The van der Waals surface area contributed by atoms with Gasteiger partial charge in [0.25, 0.3) is 0 Å². The number of nitrogens with zero attached hydrogens (tertiary/aromatic N) is 1. The second-order valence-corrected chi connectivity index (χ2v) is 5.37. The number of primary amides is 1. The number of carbonyl (C=O) groups is 2. The van der Waals surface area contributed by atoms with Crippen molar-refractivity contribution < 1.29 is 9.59 Å². The SMILES string of the molecule is CCC(C(N)=O)N1CC(c2ccccc2)CCCC1=O. The van der Waals surface area contributed by atoms with Crippen LogP contribution in [-0.2, 0) is 9.59 Å². The van der Waals surface area contributed by atoms with Crippen molar-refractivity contribution in [2.24, 2.45) is 5.73 Å². The lowest BCUT2D eigenvalue weighted by Crippen LogP contribution is -2.48. The van der Waals surface area contributed by atoms with Crippen molar-refractivity contribution in [3.05, 3.63) is 35.9 Å². The van der Waals surface area contributed by atoms with Crippen molar-refractivity contribution in [1.82, 2.24) is 4.90 Å². The van der Waals surface area contributed by atoms with Crippen molar-refractivity contribution in [3.63, 3.8) is 0 Å². The van der Waals surface area contributed by atoms with E-state index in [0.717, 1.165) is 12.8 Å². The van der Waals surface area contributed by atoms with Crippen LogP contribution in [0.4, 0.5) is 0 Å². The molecule has 2 rings (SSSR count). The molecule has 1 aromatic rings. The van der Waals surface area contributed by atoms with Gasteiger partial charge in [-0.2, -0.15) is 0 Å². The van der Waals surface area contributed by atoms with E-state index in [-0.39, 0.29) is 11.8 Å². The van der Waals surface area contributed by atoms with Crippen LogP contribution in [0.5, 0.6) is 0 Å². The standard InChI is InChI=1S/C16H22N2O2/c1-2-14(16(17)20)18-11-13(9-6-10-15(18)19)12-7-4-3-5-8-12/h3-5,7-8,13-14H,2,6,9-11H2,1H3,(H2,17,20). The molecule has 2 unspecified atom stereocenters. The molecule has 0 spiro atoms. The van der Waals surface area contributed by atoms with Gasteiger partial charge in [0, 0.05) is 18.9 Å². The van der Waals surface area contributed by atoms with Crippen molar-refractivity contribution in [2.75, 3.05) is 6.54 Å². The van der Waals surface area contributed by atoms with E-state index >= 15 is 0 Å². The highest BCUT2D eigenvalue weighted by molar-refractivity contribution is 5.86. The minimum atomic E-state index is -0.480. The summed E-state index contributed by atoms with van der Waals surface area (Å²) in [5.41, 5.74) is 6.67. The molecule has 0 radical (unpaired) electrons. The smallest absolute Gasteiger partial charge is 0.240 e. The van der Waals surface area contributed by atoms with E-state index in [1.54, 1.807) is 4.90 Å². The third-order valence-electron chi connectivity index (χ3n) is 4.04. The van der Waals surface area contributed by atoms with Crippen LogP contribution in [0.1, 0.15) is 44.1 Å². The number of benzene rings is 1. The van der Waals surface area contributed by atoms with Gasteiger partial charge in [-0.3, -0.25) is 9.59 Å². The monoisotopic (exact) mass is 274 g/mol. The van der Waals surface area contributed by atoms with E-state index < -0.39 is 11.9 Å². The molecule has 20 heavy (non-hydrogen) atoms. The van der Waals surface area contributed by atoms with Gasteiger partial charge in [-0.15, -0.1) is 0 Å². The number of hydrogen-bond acceptors (Lipinski definition) is 2. The summed E-state index contributed by atoms with van der Waals surface area (Å²) >= 11 is 0. The van der Waals surface area contributed by atoms with Gasteiger partial charge >= 0.3 is 0 Å². The largest absolute Gasteiger partial charge is 0.368 e. The summed E-state index contributed by atoms with van der Waals surface area (Å²) in [5, 5.41) is 0. The van der Waals surface area contributed by atoms with E-state index in [0.29, 0.717) is 19.4 Å². The van der Waals surface area contributed by atoms with Crippen molar-refractivity contribution in [1.29, 1.82) is 0 Å². The zero-order valence-corrected chi connectivity index (χ0v) is 11.9. The molecule has 1 fully saturated rings. The minimum absolute atomic E-state index is 0.0501. The van der Waals surface area contributed by atoms with Crippen LogP contribution in [0.2, 0.25) is 0 Å². The van der Waals surface area contributed by atoms with Gasteiger partial charge in [0.15, 0.2) is 0 Å². The Balaban J connectivity index is 2.22. The lowest BCUT2D eigenvalue weighted by Gasteiger charge is -2.30. The molecule has 0 aromatic heterocycles. The van der Waals surface area contributed by atoms with E-state index in [1.807, 2.05) is 25.1 Å². The minimum Gasteiger partial charge on any atom is -0.368 e. The van der Waals surface area contributed by atoms with Gasteiger partial charge in [0.2, 0.25) is 11.8 Å². The fourth-order valence-electron chi connectivity index (χ4n) is 2.95. The third kappa shape index (κ3) is 3.18. The summed E-state index contributed by atoms with van der Waals surface area (Å²) in [7, 11) is 0. The highest BCUT2D eigenvalue weighted by atomic mass is 16.2. The molecule has 108 valence electrons. The van der Waals surface area contributed by atoms with Gasteiger partial charge in [-0.05, 0) is 24.8 Å². The molecule has 4 heteroatoms. The molecule has 0 aliphatic carbocycles. The Bertz CT molecular complexity index is 473. The third-order valence-corrected chi connectivity index (χ3v) is 4.04. The molecule has 2 atom stereocenters. The summed E-state index contributed by atoms with van der Waals surface area (Å²) in [6, 6.07) is 9.71. The maximum Gasteiger partial charge on any atom is 0.240 e. The molecule has 1 aliphatic heterocycles. The first-order valence-corrected chi connectivity index (χ1v) is 7.27. The Morgan fingerprint density at radius 2 is 2.10 bits per heavy atom. The van der Waals surface area contributed by atoms with E-state index in [4.69, 9.17) is 5.73 Å². The molecule has 2 amide bonds. The predicted octanol–water partition coefficient (Wildman–Crippen LogP) is 2.05. The van der Waals surface area contributed by atoms with Gasteiger partial charge in [0.1, 0.15) is 6.04 Å². The average Bonchev–Trinajstić information content (AvgIpc) is 2.63. The topological polar surface area (TPSA) is 63.4 Å². The van der Waals surface area contributed by atoms with Crippen LogP contribution in [0.3, 0.4) is 0 Å². The van der Waals surface area contributed by atoms with Gasteiger partial charge in [-0.25, -0.2) is 0 Å². The summed E-state index contributed by atoms with van der Waals surface area (Å²) in [6.07, 6.45) is 2.92. The lowest BCUT2D eigenvalue weighted by molar-refractivity contribution is -0.139. The van der Waals surface area contributed by atoms with Crippen molar-refractivity contribution in [2.45, 2.75) is 44.6 Å². The Morgan fingerprint density at radius 1 is 1.40 bits per heavy atom. The normalized spacial score (nSPS) is 21.4. The molecule has 2 N–H and O–H groups in total.